The van der Waals surface area contributed by atoms with E-state index in [9.17, 15) is 9.18 Å². The van der Waals surface area contributed by atoms with Gasteiger partial charge in [-0.25, -0.2) is 9.07 Å². The van der Waals surface area contributed by atoms with Crippen molar-refractivity contribution in [2.45, 2.75) is 33.6 Å². The maximum absolute atomic E-state index is 14.2. The molecule has 0 atom stereocenters. The van der Waals surface area contributed by atoms with Gasteiger partial charge in [0.25, 0.3) is 11.8 Å². The predicted molar refractivity (Wildman–Crippen MR) is 115 cm³/mol. The van der Waals surface area contributed by atoms with Gasteiger partial charge >= 0.3 is 0 Å². The number of halogens is 1. The number of para-hydroxylation sites is 2. The summed E-state index contributed by atoms with van der Waals surface area (Å²) in [5.74, 6) is 0.267. The van der Waals surface area contributed by atoms with Crippen LogP contribution >= 0.6 is 0 Å². The Hall–Kier alpha value is -3.81. The number of amides is 1. The summed E-state index contributed by atoms with van der Waals surface area (Å²) in [4.78, 5) is 17.5. The zero-order valence-corrected chi connectivity index (χ0v) is 17.7. The maximum atomic E-state index is 14.2. The fourth-order valence-corrected chi connectivity index (χ4v) is 3.27. The van der Waals surface area contributed by atoms with Crippen LogP contribution in [0, 0.1) is 19.7 Å². The van der Waals surface area contributed by atoms with Gasteiger partial charge in [-0.3, -0.25) is 4.79 Å². The molecule has 0 saturated carbocycles. The zero-order chi connectivity index (χ0) is 22.1. The number of nitrogens with zero attached hydrogens (tertiary/aromatic N) is 4. The summed E-state index contributed by atoms with van der Waals surface area (Å²) in [6.07, 6.45) is 1.43. The molecule has 2 aromatic carbocycles. The Bertz CT molecular complexity index is 1260. The highest BCUT2D eigenvalue weighted by atomic mass is 19.1. The van der Waals surface area contributed by atoms with Gasteiger partial charge in [0.05, 0.1) is 28.7 Å². The Labute approximate surface area is 178 Å². The first-order valence-electron chi connectivity index (χ1n) is 9.91. The number of aryl methyl sites for hydroxylation is 1. The van der Waals surface area contributed by atoms with Gasteiger partial charge in [0.15, 0.2) is 5.82 Å². The average molecular weight is 419 g/mol. The van der Waals surface area contributed by atoms with Crippen LogP contribution in [-0.4, -0.2) is 25.8 Å². The van der Waals surface area contributed by atoms with E-state index in [1.807, 2.05) is 39.0 Å². The first-order valence-corrected chi connectivity index (χ1v) is 9.91. The number of anilines is 1. The van der Waals surface area contributed by atoms with Gasteiger partial charge in [0.1, 0.15) is 11.5 Å². The summed E-state index contributed by atoms with van der Waals surface area (Å²) in [5, 5.41) is 11.2. The molecule has 7 nitrogen and oxygen atoms in total. The largest absolute Gasteiger partial charge is 0.334 e. The number of carbonyl (C=O) groups excluding carboxylic acids is 1. The van der Waals surface area contributed by atoms with Crippen LogP contribution in [0.2, 0.25) is 0 Å². The third-order valence-corrected chi connectivity index (χ3v) is 5.03. The minimum Gasteiger partial charge on any atom is -0.334 e. The second kappa shape index (κ2) is 8.14. The van der Waals surface area contributed by atoms with Crippen LogP contribution in [0.25, 0.3) is 17.1 Å². The lowest BCUT2D eigenvalue weighted by Gasteiger charge is -2.12. The smallest absolute Gasteiger partial charge is 0.260 e. The number of hydrogen-bond acceptors (Lipinski definition) is 5. The summed E-state index contributed by atoms with van der Waals surface area (Å²) < 4.78 is 21.0. The Balaban J connectivity index is 1.68. The van der Waals surface area contributed by atoms with Gasteiger partial charge in [-0.2, -0.15) is 10.1 Å². The van der Waals surface area contributed by atoms with Gasteiger partial charge in [-0.05, 0) is 37.6 Å². The van der Waals surface area contributed by atoms with Crippen LogP contribution in [-0.2, 0) is 0 Å². The molecule has 2 aromatic heterocycles. The van der Waals surface area contributed by atoms with Crippen molar-refractivity contribution < 1.29 is 13.7 Å². The van der Waals surface area contributed by atoms with E-state index in [1.54, 1.807) is 25.1 Å². The SMILES string of the molecule is Cc1cccc(-c2nc(C(C)C)no2)c1NC(=O)c1cnn(-c2ccccc2F)c1C. The summed E-state index contributed by atoms with van der Waals surface area (Å²) in [6, 6.07) is 11.8. The summed E-state index contributed by atoms with van der Waals surface area (Å²) in [6.45, 7) is 7.56. The predicted octanol–water partition coefficient (Wildman–Crippen LogP) is 5.05. The van der Waals surface area contributed by atoms with Crippen molar-refractivity contribution in [2.75, 3.05) is 5.32 Å². The van der Waals surface area contributed by atoms with Crippen molar-refractivity contribution in [3.8, 4) is 17.1 Å². The molecule has 0 spiro atoms. The normalized spacial score (nSPS) is 11.2. The molecule has 0 unspecified atom stereocenters. The zero-order valence-electron chi connectivity index (χ0n) is 17.7. The van der Waals surface area contributed by atoms with E-state index in [2.05, 4.69) is 20.6 Å². The summed E-state index contributed by atoms with van der Waals surface area (Å²) in [7, 11) is 0. The van der Waals surface area contributed by atoms with Crippen molar-refractivity contribution in [2.24, 2.45) is 0 Å². The number of benzene rings is 2. The lowest BCUT2D eigenvalue weighted by atomic mass is 10.1. The minimum absolute atomic E-state index is 0.118. The van der Waals surface area contributed by atoms with E-state index in [0.29, 0.717) is 34.2 Å². The molecular weight excluding hydrogens is 397 g/mol. The fourth-order valence-electron chi connectivity index (χ4n) is 3.27. The van der Waals surface area contributed by atoms with Crippen molar-refractivity contribution in [3.63, 3.8) is 0 Å². The molecule has 4 rings (SSSR count). The van der Waals surface area contributed by atoms with Crippen LogP contribution < -0.4 is 5.32 Å². The van der Waals surface area contributed by atoms with E-state index < -0.39 is 5.82 Å². The Morgan fingerprint density at radius 3 is 2.61 bits per heavy atom. The molecule has 0 saturated heterocycles. The fraction of sp³-hybridized carbons (Fsp3) is 0.217. The van der Waals surface area contributed by atoms with Gasteiger partial charge in [0, 0.05) is 5.92 Å². The van der Waals surface area contributed by atoms with Gasteiger partial charge in [0.2, 0.25) is 0 Å². The molecule has 2 heterocycles. The van der Waals surface area contributed by atoms with Crippen molar-refractivity contribution in [1.82, 2.24) is 19.9 Å². The number of rotatable bonds is 5. The van der Waals surface area contributed by atoms with Gasteiger partial charge in [-0.1, -0.05) is 43.3 Å². The molecule has 0 radical (unpaired) electrons. The van der Waals surface area contributed by atoms with E-state index >= 15 is 0 Å². The molecule has 158 valence electrons. The Kier molecular flexibility index (Phi) is 5.37. The number of hydrogen-bond donors (Lipinski definition) is 1. The third kappa shape index (κ3) is 3.84. The van der Waals surface area contributed by atoms with E-state index in [4.69, 9.17) is 4.52 Å². The topological polar surface area (TPSA) is 85.8 Å². The molecule has 4 aromatic rings. The van der Waals surface area contributed by atoms with Gasteiger partial charge in [-0.15, -0.1) is 0 Å². The second-order valence-corrected chi connectivity index (χ2v) is 7.57. The molecule has 1 N–H and O–H groups in total. The summed E-state index contributed by atoms with van der Waals surface area (Å²) >= 11 is 0. The number of nitrogens with one attached hydrogen (secondary N) is 1. The van der Waals surface area contributed by atoms with Gasteiger partial charge < -0.3 is 9.84 Å². The Morgan fingerprint density at radius 2 is 1.90 bits per heavy atom. The third-order valence-electron chi connectivity index (χ3n) is 5.03. The lowest BCUT2D eigenvalue weighted by molar-refractivity contribution is 0.102. The average Bonchev–Trinajstić information content (AvgIpc) is 3.37. The number of carbonyl (C=O) groups is 1. The van der Waals surface area contributed by atoms with Crippen LogP contribution in [0.3, 0.4) is 0 Å². The molecule has 0 aliphatic carbocycles. The van der Waals surface area contributed by atoms with E-state index in [-0.39, 0.29) is 17.5 Å². The van der Waals surface area contributed by atoms with Crippen LogP contribution in [0.5, 0.6) is 0 Å². The standard InChI is InChI=1S/C23H22FN5O2/c1-13(2)21-27-23(31-28-21)16-9-7-8-14(3)20(16)26-22(30)17-12-25-29(15(17)4)19-11-6-5-10-18(19)24/h5-13H,1-4H3,(H,26,30). The quantitative estimate of drug-likeness (QED) is 0.489. The van der Waals surface area contributed by atoms with Crippen molar-refractivity contribution >= 4 is 11.6 Å². The van der Waals surface area contributed by atoms with E-state index in [1.165, 1.54) is 16.9 Å². The first kappa shape index (κ1) is 20.5. The molecule has 0 bridgehead atoms. The molecule has 0 aliphatic rings. The van der Waals surface area contributed by atoms with Crippen LogP contribution in [0.4, 0.5) is 10.1 Å². The number of aromatic nitrogens is 4. The van der Waals surface area contributed by atoms with Crippen LogP contribution in [0.15, 0.2) is 53.2 Å². The van der Waals surface area contributed by atoms with Crippen molar-refractivity contribution in [3.05, 3.63) is 77.1 Å². The van der Waals surface area contributed by atoms with E-state index in [0.717, 1.165) is 5.56 Å². The molecule has 31 heavy (non-hydrogen) atoms. The van der Waals surface area contributed by atoms with Crippen LogP contribution in [0.1, 0.15) is 47.2 Å². The minimum atomic E-state index is -0.417. The summed E-state index contributed by atoms with van der Waals surface area (Å²) in [5.41, 5.74) is 3.19. The highest BCUT2D eigenvalue weighted by Gasteiger charge is 2.21. The molecule has 0 fully saturated rings. The monoisotopic (exact) mass is 419 g/mol. The Morgan fingerprint density at radius 1 is 1.13 bits per heavy atom. The molecule has 1 amide bonds. The van der Waals surface area contributed by atoms with Crippen molar-refractivity contribution in [1.29, 1.82) is 0 Å². The lowest BCUT2D eigenvalue weighted by Crippen LogP contribution is -2.15. The molecule has 0 aliphatic heterocycles. The molecular formula is C23H22FN5O2. The first-order chi connectivity index (χ1) is 14.9. The maximum Gasteiger partial charge on any atom is 0.260 e. The highest BCUT2D eigenvalue weighted by Crippen LogP contribution is 2.31. The molecule has 8 heteroatoms. The second-order valence-electron chi connectivity index (χ2n) is 7.57. The highest BCUT2D eigenvalue weighted by molar-refractivity contribution is 6.07.